The van der Waals surface area contributed by atoms with Crippen LogP contribution in [-0.2, 0) is 14.6 Å². The predicted molar refractivity (Wildman–Crippen MR) is 117 cm³/mol. The van der Waals surface area contributed by atoms with Crippen LogP contribution in [0.1, 0.15) is 29.2 Å². The molecule has 1 aliphatic rings. The second-order valence-electron chi connectivity index (χ2n) is 6.62. The fraction of sp³-hybridized carbons (Fsp3) is 0.611. The van der Waals surface area contributed by atoms with Crippen molar-refractivity contribution in [1.29, 1.82) is 0 Å². The molecule has 0 saturated carbocycles. The number of nitrogens with zero attached hydrogens (tertiary/aromatic N) is 2. The Morgan fingerprint density at radius 2 is 2.12 bits per heavy atom. The number of morpholine rings is 1. The van der Waals surface area contributed by atoms with E-state index in [9.17, 15) is 8.42 Å². The zero-order valence-corrected chi connectivity index (χ0v) is 19.1. The minimum atomic E-state index is -2.92. The van der Waals surface area contributed by atoms with Crippen LogP contribution < -0.4 is 5.32 Å². The maximum atomic E-state index is 11.2. The van der Waals surface area contributed by atoms with Crippen molar-refractivity contribution in [2.24, 2.45) is 4.99 Å². The van der Waals surface area contributed by atoms with Crippen LogP contribution in [0.3, 0.4) is 0 Å². The van der Waals surface area contributed by atoms with Gasteiger partial charge in [0.1, 0.15) is 15.9 Å². The lowest BCUT2D eigenvalue weighted by Crippen LogP contribution is -2.48. The van der Waals surface area contributed by atoms with Gasteiger partial charge >= 0.3 is 0 Å². The first kappa shape index (κ1) is 23.2. The van der Waals surface area contributed by atoms with E-state index < -0.39 is 9.84 Å². The molecule has 0 aromatic heterocycles. The molecule has 1 aromatic rings. The first-order chi connectivity index (χ1) is 11.8. The average molecular weight is 495 g/mol. The second kappa shape index (κ2) is 10.5. The van der Waals surface area contributed by atoms with Crippen molar-refractivity contribution in [3.05, 3.63) is 34.9 Å². The van der Waals surface area contributed by atoms with Crippen molar-refractivity contribution in [1.82, 2.24) is 10.2 Å². The van der Waals surface area contributed by atoms with Gasteiger partial charge in [0.25, 0.3) is 0 Å². The second-order valence-corrected chi connectivity index (χ2v) is 8.88. The largest absolute Gasteiger partial charge is 0.370 e. The highest BCUT2D eigenvalue weighted by molar-refractivity contribution is 14.0. The number of benzene rings is 1. The zero-order valence-electron chi connectivity index (χ0n) is 16.0. The van der Waals surface area contributed by atoms with Gasteiger partial charge in [0, 0.05) is 26.4 Å². The molecule has 2 rings (SSSR count). The Hall–Kier alpha value is -0.870. The van der Waals surface area contributed by atoms with Crippen molar-refractivity contribution in [2.45, 2.75) is 26.4 Å². The van der Waals surface area contributed by atoms with Gasteiger partial charge in [-0.15, -0.1) is 24.0 Å². The van der Waals surface area contributed by atoms with Crippen molar-refractivity contribution in [3.8, 4) is 0 Å². The van der Waals surface area contributed by atoms with E-state index in [4.69, 9.17) is 4.74 Å². The fourth-order valence-electron chi connectivity index (χ4n) is 3.08. The van der Waals surface area contributed by atoms with Gasteiger partial charge in [0.2, 0.25) is 0 Å². The number of hydrogen-bond donors (Lipinski definition) is 1. The Kier molecular flexibility index (Phi) is 9.32. The number of guanidine groups is 1. The van der Waals surface area contributed by atoms with E-state index >= 15 is 0 Å². The van der Waals surface area contributed by atoms with Crippen LogP contribution in [-0.4, -0.2) is 64.6 Å². The molecule has 1 N–H and O–H groups in total. The standard InChI is InChI=1S/C18H29N3O3S.HI/c1-14-6-7-16(15(2)12-14)17-13-21(9-10-24-17)18(19-3)20-8-5-11-25(4,22)23;/h6-7,12,17H,5,8-11,13H2,1-4H3,(H,19,20);1H. The van der Waals surface area contributed by atoms with Gasteiger partial charge < -0.3 is 15.0 Å². The molecule has 1 heterocycles. The molecule has 0 spiro atoms. The molecule has 1 saturated heterocycles. The van der Waals surface area contributed by atoms with E-state index in [2.05, 4.69) is 47.3 Å². The molecular formula is C18H30IN3O3S. The monoisotopic (exact) mass is 495 g/mol. The van der Waals surface area contributed by atoms with Crippen LogP contribution in [0.15, 0.2) is 23.2 Å². The summed E-state index contributed by atoms with van der Waals surface area (Å²) in [4.78, 5) is 6.51. The van der Waals surface area contributed by atoms with Gasteiger partial charge in [0.05, 0.1) is 18.9 Å². The predicted octanol–water partition coefficient (Wildman–Crippen LogP) is 2.30. The van der Waals surface area contributed by atoms with Gasteiger partial charge in [-0.1, -0.05) is 23.8 Å². The molecule has 26 heavy (non-hydrogen) atoms. The van der Waals surface area contributed by atoms with E-state index in [1.54, 1.807) is 7.05 Å². The molecule has 1 fully saturated rings. The third kappa shape index (κ3) is 7.03. The first-order valence-electron chi connectivity index (χ1n) is 8.62. The lowest BCUT2D eigenvalue weighted by atomic mass is 10.00. The number of ether oxygens (including phenoxy) is 1. The number of nitrogens with one attached hydrogen (secondary N) is 1. The summed E-state index contributed by atoms with van der Waals surface area (Å²) in [6.07, 6.45) is 1.85. The highest BCUT2D eigenvalue weighted by Gasteiger charge is 2.25. The summed E-state index contributed by atoms with van der Waals surface area (Å²) in [6.45, 7) is 6.94. The summed E-state index contributed by atoms with van der Waals surface area (Å²) < 4.78 is 28.4. The number of halogens is 1. The highest BCUT2D eigenvalue weighted by atomic mass is 127. The van der Waals surface area contributed by atoms with E-state index in [0.29, 0.717) is 19.6 Å². The Labute approximate surface area is 174 Å². The minimum Gasteiger partial charge on any atom is -0.370 e. The third-order valence-corrected chi connectivity index (χ3v) is 5.36. The van der Waals surface area contributed by atoms with E-state index in [-0.39, 0.29) is 35.8 Å². The van der Waals surface area contributed by atoms with Crippen molar-refractivity contribution in [2.75, 3.05) is 45.3 Å². The summed E-state index contributed by atoms with van der Waals surface area (Å²) in [5.74, 6) is 0.984. The molecule has 8 heteroatoms. The van der Waals surface area contributed by atoms with Crippen LogP contribution in [0, 0.1) is 13.8 Å². The molecular weight excluding hydrogens is 465 g/mol. The van der Waals surface area contributed by atoms with Gasteiger partial charge in [-0.2, -0.15) is 0 Å². The molecule has 1 unspecified atom stereocenters. The SMILES string of the molecule is CN=C(NCCCS(C)(=O)=O)N1CCOC(c2ccc(C)cc2C)C1.I. The lowest BCUT2D eigenvalue weighted by Gasteiger charge is -2.35. The molecule has 0 aliphatic carbocycles. The smallest absolute Gasteiger partial charge is 0.193 e. The topological polar surface area (TPSA) is 71.0 Å². The Balaban J connectivity index is 0.00000338. The quantitative estimate of drug-likeness (QED) is 0.294. The minimum absolute atomic E-state index is 0. The summed E-state index contributed by atoms with van der Waals surface area (Å²) in [5, 5.41) is 3.26. The number of rotatable bonds is 5. The average Bonchev–Trinajstić information content (AvgIpc) is 2.54. The zero-order chi connectivity index (χ0) is 18.4. The molecule has 1 aromatic carbocycles. The third-order valence-electron chi connectivity index (χ3n) is 4.32. The van der Waals surface area contributed by atoms with Crippen LogP contribution in [0.5, 0.6) is 0 Å². The van der Waals surface area contributed by atoms with E-state index in [1.165, 1.54) is 22.9 Å². The van der Waals surface area contributed by atoms with Gasteiger partial charge in [-0.3, -0.25) is 4.99 Å². The Bertz CT molecular complexity index is 722. The molecule has 6 nitrogen and oxygen atoms in total. The summed E-state index contributed by atoms with van der Waals surface area (Å²) in [7, 11) is -1.17. The van der Waals surface area contributed by atoms with Crippen molar-refractivity contribution >= 4 is 39.8 Å². The van der Waals surface area contributed by atoms with E-state index in [1.807, 2.05) is 0 Å². The van der Waals surface area contributed by atoms with Gasteiger partial charge in [-0.05, 0) is 31.4 Å². The molecule has 0 radical (unpaired) electrons. The lowest BCUT2D eigenvalue weighted by molar-refractivity contribution is -0.00830. The van der Waals surface area contributed by atoms with E-state index in [0.717, 1.165) is 19.0 Å². The fourth-order valence-corrected chi connectivity index (χ4v) is 3.75. The Morgan fingerprint density at radius 3 is 2.73 bits per heavy atom. The summed E-state index contributed by atoms with van der Waals surface area (Å²) >= 11 is 0. The molecule has 148 valence electrons. The van der Waals surface area contributed by atoms with Crippen LogP contribution in [0.25, 0.3) is 0 Å². The van der Waals surface area contributed by atoms with Gasteiger partial charge in [-0.25, -0.2) is 8.42 Å². The summed E-state index contributed by atoms with van der Waals surface area (Å²) in [5.41, 5.74) is 3.70. The number of hydrogen-bond acceptors (Lipinski definition) is 4. The van der Waals surface area contributed by atoms with Crippen molar-refractivity contribution in [3.63, 3.8) is 0 Å². The maximum Gasteiger partial charge on any atom is 0.193 e. The Morgan fingerprint density at radius 1 is 1.38 bits per heavy atom. The highest BCUT2D eigenvalue weighted by Crippen LogP contribution is 2.25. The maximum absolute atomic E-state index is 11.2. The molecule has 1 aliphatic heterocycles. The number of sulfone groups is 1. The van der Waals surface area contributed by atoms with Crippen LogP contribution >= 0.6 is 24.0 Å². The number of aryl methyl sites for hydroxylation is 2. The number of aliphatic imine (C=N–C) groups is 1. The molecule has 0 bridgehead atoms. The van der Waals surface area contributed by atoms with Crippen molar-refractivity contribution < 1.29 is 13.2 Å². The van der Waals surface area contributed by atoms with Gasteiger partial charge in [0.15, 0.2) is 5.96 Å². The van der Waals surface area contributed by atoms with Crippen LogP contribution in [0.2, 0.25) is 0 Å². The molecule has 0 amide bonds. The normalized spacial score (nSPS) is 18.4. The van der Waals surface area contributed by atoms with Crippen LogP contribution in [0.4, 0.5) is 0 Å². The summed E-state index contributed by atoms with van der Waals surface area (Å²) in [6, 6.07) is 6.43. The molecule has 1 atom stereocenters. The first-order valence-corrected chi connectivity index (χ1v) is 10.7.